The maximum Gasteiger partial charge on any atom is 0.0906 e. The highest BCUT2D eigenvalue weighted by Gasteiger charge is 2.35. The lowest BCUT2D eigenvalue weighted by Gasteiger charge is -2.13. The number of nitrogens with one attached hydrogen (secondary N) is 1. The lowest BCUT2D eigenvalue weighted by atomic mass is 10.0. The van der Waals surface area contributed by atoms with Gasteiger partial charge in [0.1, 0.15) is 0 Å². The van der Waals surface area contributed by atoms with Crippen LogP contribution in [-0.2, 0) is 18.3 Å². The molecule has 1 N–H and O–H groups in total. The first-order valence-electron chi connectivity index (χ1n) is 6.46. The molecule has 1 saturated heterocycles. The zero-order chi connectivity index (χ0) is 14.1. The Morgan fingerprint density at radius 3 is 2.95 bits per heavy atom. The van der Waals surface area contributed by atoms with Gasteiger partial charge in [-0.05, 0) is 15.9 Å². The zero-order valence-electron chi connectivity index (χ0n) is 11.5. The van der Waals surface area contributed by atoms with Crippen LogP contribution >= 0.6 is 15.9 Å². The largest absolute Gasteiger partial charge is 0.379 e. The van der Waals surface area contributed by atoms with Gasteiger partial charge < -0.3 is 4.74 Å². The van der Waals surface area contributed by atoms with E-state index in [0.29, 0.717) is 0 Å². The third kappa shape index (κ3) is 2.63. The van der Waals surface area contributed by atoms with Crippen molar-refractivity contribution in [1.82, 2.24) is 30.1 Å². The van der Waals surface area contributed by atoms with E-state index in [2.05, 4.69) is 41.3 Å². The Balaban J connectivity index is 1.72. The van der Waals surface area contributed by atoms with Gasteiger partial charge in [-0.2, -0.15) is 20.5 Å². The van der Waals surface area contributed by atoms with Crippen molar-refractivity contribution in [3.8, 4) is 0 Å². The molecule has 0 saturated carbocycles. The summed E-state index contributed by atoms with van der Waals surface area (Å²) in [6, 6.07) is 0. The molecule has 1 aliphatic rings. The topological polar surface area (TPSA) is 71.9 Å². The summed E-state index contributed by atoms with van der Waals surface area (Å²) in [5.74, 6) is 0.251. The van der Waals surface area contributed by atoms with Crippen molar-refractivity contribution in [2.45, 2.75) is 18.6 Å². The van der Waals surface area contributed by atoms with Crippen LogP contribution in [0.1, 0.15) is 17.3 Å². The Morgan fingerprint density at radius 2 is 2.35 bits per heavy atom. The van der Waals surface area contributed by atoms with Crippen molar-refractivity contribution in [2.24, 2.45) is 7.05 Å². The molecule has 0 bridgehead atoms. The SMILES string of the molecule is CO[C@@H]1CN(Cc2nn(C)cc2Br)C[C@H]1c1cn[nH]n1. The van der Waals surface area contributed by atoms with E-state index in [4.69, 9.17) is 4.74 Å². The van der Waals surface area contributed by atoms with Crippen molar-refractivity contribution in [1.29, 1.82) is 0 Å². The van der Waals surface area contributed by atoms with Gasteiger partial charge >= 0.3 is 0 Å². The standard InChI is InChI=1S/C12H17BrN6O/c1-18-5-9(13)11(16-18)6-19-4-8(12(7-19)20-2)10-3-14-17-15-10/h3,5,8,12H,4,6-7H2,1-2H3,(H,14,15,17)/t8-,12+/m0/s1. The van der Waals surface area contributed by atoms with Crippen LogP contribution in [0, 0.1) is 0 Å². The van der Waals surface area contributed by atoms with Crippen LogP contribution in [0.5, 0.6) is 0 Å². The normalized spacial score (nSPS) is 23.6. The average Bonchev–Trinajstić information content (AvgIpc) is 3.11. The molecule has 0 spiro atoms. The van der Waals surface area contributed by atoms with E-state index in [9.17, 15) is 0 Å². The molecule has 2 aromatic heterocycles. The number of methoxy groups -OCH3 is 1. The first-order valence-corrected chi connectivity index (χ1v) is 7.25. The first-order chi connectivity index (χ1) is 9.67. The smallest absolute Gasteiger partial charge is 0.0906 e. The molecule has 3 rings (SSSR count). The second-order valence-corrected chi connectivity index (χ2v) is 5.92. The average molecular weight is 341 g/mol. The maximum absolute atomic E-state index is 5.59. The predicted molar refractivity (Wildman–Crippen MR) is 76.1 cm³/mol. The first kappa shape index (κ1) is 13.7. The minimum absolute atomic E-state index is 0.141. The summed E-state index contributed by atoms with van der Waals surface area (Å²) in [6.07, 6.45) is 3.88. The predicted octanol–water partition coefficient (Wildman–Crippen LogP) is 0.915. The molecule has 0 unspecified atom stereocenters. The molecule has 0 amide bonds. The molecule has 8 heteroatoms. The molecule has 2 atom stereocenters. The Morgan fingerprint density at radius 1 is 1.50 bits per heavy atom. The number of rotatable bonds is 4. The van der Waals surface area contributed by atoms with E-state index < -0.39 is 0 Å². The number of H-pyrrole nitrogens is 1. The van der Waals surface area contributed by atoms with Crippen LogP contribution in [0.4, 0.5) is 0 Å². The van der Waals surface area contributed by atoms with Gasteiger partial charge in [0.15, 0.2) is 0 Å². The van der Waals surface area contributed by atoms with Gasteiger partial charge in [0.2, 0.25) is 0 Å². The van der Waals surface area contributed by atoms with E-state index in [-0.39, 0.29) is 12.0 Å². The lowest BCUT2D eigenvalue weighted by molar-refractivity contribution is 0.0956. The van der Waals surface area contributed by atoms with Gasteiger partial charge in [-0.1, -0.05) is 0 Å². The number of aromatic nitrogens is 5. The van der Waals surface area contributed by atoms with Gasteiger partial charge in [-0.3, -0.25) is 9.58 Å². The van der Waals surface area contributed by atoms with Gasteiger partial charge in [-0.15, -0.1) is 0 Å². The van der Waals surface area contributed by atoms with Gasteiger partial charge in [0.25, 0.3) is 0 Å². The van der Waals surface area contributed by atoms with Crippen molar-refractivity contribution in [2.75, 3.05) is 20.2 Å². The number of hydrogen-bond donors (Lipinski definition) is 1. The molecule has 0 radical (unpaired) electrons. The summed E-state index contributed by atoms with van der Waals surface area (Å²) in [7, 11) is 3.67. The number of aromatic amines is 1. The molecule has 108 valence electrons. The molecule has 7 nitrogen and oxygen atoms in total. The van der Waals surface area contributed by atoms with Crippen LogP contribution < -0.4 is 0 Å². The molecule has 3 heterocycles. The minimum atomic E-state index is 0.141. The van der Waals surface area contributed by atoms with Crippen LogP contribution in [-0.4, -0.2) is 56.4 Å². The van der Waals surface area contributed by atoms with Crippen LogP contribution in [0.25, 0.3) is 0 Å². The monoisotopic (exact) mass is 340 g/mol. The van der Waals surface area contributed by atoms with Crippen molar-refractivity contribution >= 4 is 15.9 Å². The highest BCUT2D eigenvalue weighted by molar-refractivity contribution is 9.10. The number of ether oxygens (including phenoxy) is 1. The summed E-state index contributed by atoms with van der Waals surface area (Å²) in [6.45, 7) is 2.57. The maximum atomic E-state index is 5.59. The molecule has 0 aliphatic carbocycles. The molecule has 20 heavy (non-hydrogen) atoms. The molecule has 1 aliphatic heterocycles. The minimum Gasteiger partial charge on any atom is -0.379 e. The Bertz CT molecular complexity index is 569. The summed E-state index contributed by atoms with van der Waals surface area (Å²) in [5.41, 5.74) is 2.00. The Kier molecular flexibility index (Phi) is 3.86. The fraction of sp³-hybridized carbons (Fsp3) is 0.583. The van der Waals surface area contributed by atoms with E-state index in [1.165, 1.54) is 0 Å². The summed E-state index contributed by atoms with van der Waals surface area (Å²) >= 11 is 3.54. The molecule has 1 fully saturated rings. The third-order valence-electron chi connectivity index (χ3n) is 3.69. The van der Waals surface area contributed by atoms with E-state index in [1.807, 2.05) is 17.9 Å². The molecule has 2 aromatic rings. The molecular weight excluding hydrogens is 324 g/mol. The number of halogens is 1. The van der Waals surface area contributed by atoms with E-state index in [0.717, 1.165) is 35.5 Å². The fourth-order valence-corrected chi connectivity index (χ4v) is 3.22. The van der Waals surface area contributed by atoms with Crippen LogP contribution in [0.15, 0.2) is 16.9 Å². The fourth-order valence-electron chi connectivity index (χ4n) is 2.72. The summed E-state index contributed by atoms with van der Waals surface area (Å²) in [5, 5.41) is 15.2. The van der Waals surface area contributed by atoms with Gasteiger partial charge in [0, 0.05) is 45.9 Å². The van der Waals surface area contributed by atoms with Gasteiger partial charge in [-0.25, -0.2) is 0 Å². The van der Waals surface area contributed by atoms with Crippen molar-refractivity contribution in [3.05, 3.63) is 28.3 Å². The van der Waals surface area contributed by atoms with Crippen LogP contribution in [0.2, 0.25) is 0 Å². The Labute approximate surface area is 125 Å². The van der Waals surface area contributed by atoms with Crippen molar-refractivity contribution in [3.63, 3.8) is 0 Å². The zero-order valence-corrected chi connectivity index (χ0v) is 13.0. The second kappa shape index (κ2) is 5.63. The van der Waals surface area contributed by atoms with Crippen molar-refractivity contribution < 1.29 is 4.74 Å². The second-order valence-electron chi connectivity index (χ2n) is 5.07. The third-order valence-corrected chi connectivity index (χ3v) is 4.35. The number of nitrogens with zero attached hydrogens (tertiary/aromatic N) is 5. The summed E-state index contributed by atoms with van der Waals surface area (Å²) < 4.78 is 8.45. The number of likely N-dealkylation sites (tertiary alicyclic amines) is 1. The molecular formula is C12H17BrN6O. The highest BCUT2D eigenvalue weighted by atomic mass is 79.9. The molecule has 0 aromatic carbocycles. The lowest BCUT2D eigenvalue weighted by Crippen LogP contribution is -2.23. The number of hydrogen-bond acceptors (Lipinski definition) is 5. The Hall–Kier alpha value is -1.25. The highest BCUT2D eigenvalue weighted by Crippen LogP contribution is 2.29. The summed E-state index contributed by atoms with van der Waals surface area (Å²) in [4.78, 5) is 2.33. The quantitative estimate of drug-likeness (QED) is 0.895. The van der Waals surface area contributed by atoms with Crippen LogP contribution in [0.3, 0.4) is 0 Å². The number of aryl methyl sites for hydroxylation is 1. The van der Waals surface area contributed by atoms with Gasteiger partial charge in [0.05, 0.1) is 28.2 Å². The van der Waals surface area contributed by atoms with E-state index in [1.54, 1.807) is 13.3 Å². The van der Waals surface area contributed by atoms with E-state index >= 15 is 0 Å².